The van der Waals surface area contributed by atoms with Gasteiger partial charge in [-0.3, -0.25) is 9.89 Å². The molecular weight excluding hydrogens is 266 g/mol. The van der Waals surface area contributed by atoms with E-state index in [4.69, 9.17) is 4.74 Å². The van der Waals surface area contributed by atoms with E-state index in [1.165, 1.54) is 0 Å². The number of hydrogen-bond donors (Lipinski definition) is 2. The fourth-order valence-electron chi connectivity index (χ4n) is 2.10. The number of carbonyl (C=O) groups is 1. The maximum atomic E-state index is 11.9. The lowest BCUT2D eigenvalue weighted by Crippen LogP contribution is -2.21. The Balaban J connectivity index is 1.96. The molecule has 1 heterocycles. The van der Waals surface area contributed by atoms with Crippen molar-refractivity contribution in [1.29, 1.82) is 0 Å². The van der Waals surface area contributed by atoms with Crippen molar-refractivity contribution in [1.82, 2.24) is 10.2 Å². The van der Waals surface area contributed by atoms with Crippen LogP contribution in [-0.2, 0) is 11.2 Å². The van der Waals surface area contributed by atoms with Crippen LogP contribution in [0, 0.1) is 0 Å². The number of para-hydroxylation sites is 1. The molecule has 0 atom stereocenters. The molecule has 1 aromatic carbocycles. The third kappa shape index (κ3) is 3.84. The molecule has 0 unspecified atom stereocenters. The number of carbonyl (C=O) groups excluding carboxylic acids is 1. The highest BCUT2D eigenvalue weighted by Crippen LogP contribution is 2.25. The second kappa shape index (κ2) is 6.92. The van der Waals surface area contributed by atoms with Gasteiger partial charge in [0, 0.05) is 5.56 Å². The number of hydrogen-bond acceptors (Lipinski definition) is 3. The van der Waals surface area contributed by atoms with Crippen molar-refractivity contribution in [3.05, 3.63) is 41.6 Å². The summed E-state index contributed by atoms with van der Waals surface area (Å²) in [7, 11) is 0. The van der Waals surface area contributed by atoms with E-state index >= 15 is 0 Å². The highest BCUT2D eigenvalue weighted by Gasteiger charge is 2.11. The van der Waals surface area contributed by atoms with Crippen molar-refractivity contribution in [2.24, 2.45) is 0 Å². The molecule has 5 nitrogen and oxygen atoms in total. The Kier molecular flexibility index (Phi) is 4.98. The number of nitrogens with one attached hydrogen (secondary N) is 2. The van der Waals surface area contributed by atoms with Gasteiger partial charge in [0.2, 0.25) is 0 Å². The molecule has 1 amide bonds. The molecule has 0 saturated carbocycles. The summed E-state index contributed by atoms with van der Waals surface area (Å²) in [5.41, 5.74) is 2.08. The molecule has 5 heteroatoms. The van der Waals surface area contributed by atoms with E-state index in [0.29, 0.717) is 11.7 Å². The van der Waals surface area contributed by atoms with Gasteiger partial charge in [0.05, 0.1) is 6.20 Å². The van der Waals surface area contributed by atoms with Crippen LogP contribution in [0.25, 0.3) is 0 Å². The third-order valence-electron chi connectivity index (χ3n) is 3.26. The molecule has 0 radical (unpaired) electrons. The topological polar surface area (TPSA) is 67.0 Å². The zero-order chi connectivity index (χ0) is 15.2. The lowest BCUT2D eigenvalue weighted by atomic mass is 10.0. The third-order valence-corrected chi connectivity index (χ3v) is 3.26. The van der Waals surface area contributed by atoms with Crippen LogP contribution in [-0.4, -0.2) is 22.7 Å². The van der Waals surface area contributed by atoms with E-state index in [1.54, 1.807) is 6.20 Å². The van der Waals surface area contributed by atoms with Crippen LogP contribution in [0.2, 0.25) is 0 Å². The van der Waals surface area contributed by atoms with Gasteiger partial charge in [-0.2, -0.15) is 5.10 Å². The van der Waals surface area contributed by atoms with Gasteiger partial charge in [0.1, 0.15) is 11.6 Å². The number of aromatic nitrogens is 2. The number of anilines is 1. The van der Waals surface area contributed by atoms with Gasteiger partial charge >= 0.3 is 0 Å². The highest BCUT2D eigenvalue weighted by atomic mass is 16.5. The summed E-state index contributed by atoms with van der Waals surface area (Å²) in [5.74, 6) is 1.54. The summed E-state index contributed by atoms with van der Waals surface area (Å²) in [6, 6.07) is 7.78. The molecule has 2 aromatic rings. The molecule has 112 valence electrons. The van der Waals surface area contributed by atoms with Crippen molar-refractivity contribution in [2.45, 2.75) is 33.1 Å². The summed E-state index contributed by atoms with van der Waals surface area (Å²) >= 11 is 0. The zero-order valence-corrected chi connectivity index (χ0v) is 12.6. The molecule has 0 bridgehead atoms. The molecule has 0 spiro atoms. The minimum absolute atomic E-state index is 0.0219. The second-order valence-corrected chi connectivity index (χ2v) is 5.15. The molecule has 2 rings (SSSR count). The average Bonchev–Trinajstić information content (AvgIpc) is 2.92. The summed E-state index contributed by atoms with van der Waals surface area (Å²) in [6.45, 7) is 6.18. The fraction of sp³-hybridized carbons (Fsp3) is 0.375. The van der Waals surface area contributed by atoms with Crippen molar-refractivity contribution in [3.63, 3.8) is 0 Å². The predicted molar refractivity (Wildman–Crippen MR) is 82.6 cm³/mol. The SMILES string of the molecule is CCc1cn[nH]c1NC(=O)COc1ccccc1C(C)C. The summed E-state index contributed by atoms with van der Waals surface area (Å²) in [6.07, 6.45) is 2.52. The first kappa shape index (κ1) is 15.1. The Labute approximate surface area is 124 Å². The van der Waals surface area contributed by atoms with Gasteiger partial charge in [0.25, 0.3) is 5.91 Å². The Morgan fingerprint density at radius 1 is 1.38 bits per heavy atom. The van der Waals surface area contributed by atoms with Gasteiger partial charge in [0.15, 0.2) is 6.61 Å². The largest absolute Gasteiger partial charge is 0.483 e. The number of aromatic amines is 1. The van der Waals surface area contributed by atoms with E-state index in [9.17, 15) is 4.79 Å². The van der Waals surface area contributed by atoms with Crippen LogP contribution in [0.15, 0.2) is 30.5 Å². The Bertz CT molecular complexity index is 605. The Hall–Kier alpha value is -2.30. The smallest absolute Gasteiger partial charge is 0.263 e. The average molecular weight is 287 g/mol. The molecule has 0 aliphatic rings. The maximum Gasteiger partial charge on any atom is 0.263 e. The fourth-order valence-corrected chi connectivity index (χ4v) is 2.10. The van der Waals surface area contributed by atoms with Crippen LogP contribution < -0.4 is 10.1 Å². The normalized spacial score (nSPS) is 10.7. The Morgan fingerprint density at radius 3 is 2.86 bits per heavy atom. The van der Waals surface area contributed by atoms with Crippen LogP contribution in [0.3, 0.4) is 0 Å². The number of nitrogens with zero attached hydrogens (tertiary/aromatic N) is 1. The molecule has 0 aliphatic heterocycles. The minimum atomic E-state index is -0.201. The lowest BCUT2D eigenvalue weighted by Gasteiger charge is -2.13. The number of amides is 1. The summed E-state index contributed by atoms with van der Waals surface area (Å²) in [4.78, 5) is 11.9. The first-order valence-electron chi connectivity index (χ1n) is 7.15. The van der Waals surface area contributed by atoms with Gasteiger partial charge in [-0.15, -0.1) is 0 Å². The number of ether oxygens (including phenoxy) is 1. The van der Waals surface area contributed by atoms with Crippen LogP contribution in [0.5, 0.6) is 5.75 Å². The van der Waals surface area contributed by atoms with Crippen molar-refractivity contribution in [2.75, 3.05) is 11.9 Å². The van der Waals surface area contributed by atoms with Crippen LogP contribution in [0.1, 0.15) is 37.8 Å². The van der Waals surface area contributed by atoms with Crippen molar-refractivity contribution in [3.8, 4) is 5.75 Å². The lowest BCUT2D eigenvalue weighted by molar-refractivity contribution is -0.118. The van der Waals surface area contributed by atoms with Gasteiger partial charge in [-0.1, -0.05) is 39.0 Å². The van der Waals surface area contributed by atoms with Gasteiger partial charge < -0.3 is 10.1 Å². The molecule has 0 fully saturated rings. The monoisotopic (exact) mass is 287 g/mol. The minimum Gasteiger partial charge on any atom is -0.483 e. The standard InChI is InChI=1S/C16H21N3O2/c1-4-12-9-17-19-16(12)18-15(20)10-21-14-8-6-5-7-13(14)11(2)3/h5-9,11H,4,10H2,1-3H3,(H2,17,18,19,20). The first-order chi connectivity index (χ1) is 10.1. The van der Waals surface area contributed by atoms with E-state index in [1.807, 2.05) is 31.2 Å². The van der Waals surface area contributed by atoms with Gasteiger partial charge in [-0.25, -0.2) is 0 Å². The Morgan fingerprint density at radius 2 is 2.14 bits per heavy atom. The summed E-state index contributed by atoms with van der Waals surface area (Å²) in [5, 5.41) is 9.48. The second-order valence-electron chi connectivity index (χ2n) is 5.15. The molecular formula is C16H21N3O2. The zero-order valence-electron chi connectivity index (χ0n) is 12.6. The number of aryl methyl sites for hydroxylation is 1. The number of H-pyrrole nitrogens is 1. The van der Waals surface area contributed by atoms with E-state index in [-0.39, 0.29) is 12.5 Å². The quantitative estimate of drug-likeness (QED) is 0.857. The first-order valence-corrected chi connectivity index (χ1v) is 7.15. The molecule has 0 aliphatic carbocycles. The van der Waals surface area contributed by atoms with Crippen LogP contribution >= 0.6 is 0 Å². The van der Waals surface area contributed by atoms with E-state index in [2.05, 4.69) is 29.4 Å². The van der Waals surface area contributed by atoms with Gasteiger partial charge in [-0.05, 0) is 24.0 Å². The molecule has 2 N–H and O–H groups in total. The van der Waals surface area contributed by atoms with E-state index in [0.717, 1.165) is 23.3 Å². The number of rotatable bonds is 6. The van der Waals surface area contributed by atoms with Crippen molar-refractivity contribution >= 4 is 11.7 Å². The molecule has 1 aromatic heterocycles. The van der Waals surface area contributed by atoms with E-state index < -0.39 is 0 Å². The van der Waals surface area contributed by atoms with Crippen LogP contribution in [0.4, 0.5) is 5.82 Å². The molecule has 21 heavy (non-hydrogen) atoms. The highest BCUT2D eigenvalue weighted by molar-refractivity contribution is 5.91. The summed E-state index contributed by atoms with van der Waals surface area (Å²) < 4.78 is 5.64. The maximum absolute atomic E-state index is 11.9. The number of benzene rings is 1. The van der Waals surface area contributed by atoms with Crippen molar-refractivity contribution < 1.29 is 9.53 Å². The predicted octanol–water partition coefficient (Wildman–Crippen LogP) is 3.11. The molecule has 0 saturated heterocycles.